The number of carbonyl (C=O) groups is 2. The summed E-state index contributed by atoms with van der Waals surface area (Å²) in [6.07, 6.45) is 4.87. The lowest BCUT2D eigenvalue weighted by Crippen LogP contribution is -2.45. The minimum absolute atomic E-state index is 0.0129. The Hall–Kier alpha value is -2.77. The van der Waals surface area contributed by atoms with Crippen LogP contribution in [-0.2, 0) is 35.0 Å². The summed E-state index contributed by atoms with van der Waals surface area (Å²) in [4.78, 5) is 38.9. The Morgan fingerprint density at radius 3 is 2.33 bits per heavy atom. The number of nitrogens with zero attached hydrogens (tertiary/aromatic N) is 4. The van der Waals surface area contributed by atoms with Gasteiger partial charge in [0.05, 0.1) is 26.4 Å². The molecule has 284 valence electrons. The van der Waals surface area contributed by atoms with Crippen LogP contribution < -0.4 is 16.4 Å². The van der Waals surface area contributed by atoms with Crippen LogP contribution in [0.25, 0.3) is 0 Å². The maximum atomic E-state index is 12.6. The Bertz CT molecular complexity index is 1300. The van der Waals surface area contributed by atoms with Crippen molar-refractivity contribution in [1.82, 2.24) is 15.5 Å². The SMILES string of the molecule is CCOCOC1=NC2C(=NC(O)N2Cc2ccc(C(=O)NCCCOCCOCCOCCCNC(=O)CCCCC3CCSS3)cc2)C(N)=N1. The van der Waals surface area contributed by atoms with Crippen molar-refractivity contribution in [2.75, 3.05) is 71.9 Å². The predicted octanol–water partition coefficient (Wildman–Crippen LogP) is 2.67. The molecule has 0 saturated carbocycles. The summed E-state index contributed by atoms with van der Waals surface area (Å²) in [7, 11) is 3.96. The second-order valence-corrected chi connectivity index (χ2v) is 14.8. The summed E-state index contributed by atoms with van der Waals surface area (Å²) >= 11 is 0. The third-order valence-corrected chi connectivity index (χ3v) is 11.1. The van der Waals surface area contributed by atoms with Gasteiger partial charge in [0.25, 0.3) is 5.91 Å². The Balaban J connectivity index is 0.958. The lowest BCUT2D eigenvalue weighted by atomic mass is 10.1. The fourth-order valence-electron chi connectivity index (χ4n) is 5.30. The van der Waals surface area contributed by atoms with Crippen molar-refractivity contribution in [3.05, 3.63) is 35.4 Å². The molecule has 3 heterocycles. The minimum atomic E-state index is -1.15. The van der Waals surface area contributed by atoms with Gasteiger partial charge in [-0.15, -0.1) is 0 Å². The third-order valence-electron chi connectivity index (χ3n) is 8.07. The van der Waals surface area contributed by atoms with Crippen molar-refractivity contribution in [3.63, 3.8) is 0 Å². The van der Waals surface area contributed by atoms with Crippen molar-refractivity contribution in [2.45, 2.75) is 76.2 Å². The van der Waals surface area contributed by atoms with Gasteiger partial charge in [-0.1, -0.05) is 40.1 Å². The van der Waals surface area contributed by atoms with Gasteiger partial charge in [0.15, 0.2) is 18.8 Å². The van der Waals surface area contributed by atoms with E-state index in [9.17, 15) is 14.7 Å². The number of fused-ring (bicyclic) bond motifs is 1. The van der Waals surface area contributed by atoms with E-state index in [4.69, 9.17) is 29.4 Å². The maximum absolute atomic E-state index is 12.6. The highest BCUT2D eigenvalue weighted by molar-refractivity contribution is 8.77. The predicted molar refractivity (Wildman–Crippen MR) is 200 cm³/mol. The zero-order valence-corrected chi connectivity index (χ0v) is 31.1. The molecule has 0 bridgehead atoms. The average molecular weight is 752 g/mol. The van der Waals surface area contributed by atoms with Crippen molar-refractivity contribution in [3.8, 4) is 0 Å². The highest BCUT2D eigenvalue weighted by atomic mass is 33.1. The first kappa shape index (κ1) is 41.0. The van der Waals surface area contributed by atoms with Gasteiger partial charge in [-0.25, -0.2) is 14.9 Å². The number of nitrogens with one attached hydrogen (secondary N) is 2. The number of carbonyl (C=O) groups excluding carboxylic acids is 2. The topological polar surface area (TPSA) is 191 Å². The van der Waals surface area contributed by atoms with Crippen LogP contribution in [0.2, 0.25) is 0 Å². The number of aliphatic hydroxyl groups is 1. The molecule has 1 fully saturated rings. The number of amides is 2. The number of aliphatic imine (C=N–C) groups is 3. The zero-order valence-electron chi connectivity index (χ0n) is 29.5. The molecule has 15 nitrogen and oxygen atoms in total. The molecular formula is C34H53N7O8S2. The summed E-state index contributed by atoms with van der Waals surface area (Å²) < 4.78 is 27.3. The zero-order chi connectivity index (χ0) is 36.1. The first-order valence-corrected chi connectivity index (χ1v) is 20.1. The lowest BCUT2D eigenvalue weighted by molar-refractivity contribution is -0.121. The number of hydrogen-bond donors (Lipinski definition) is 4. The molecule has 0 aliphatic carbocycles. The van der Waals surface area contributed by atoms with Crippen LogP contribution >= 0.6 is 21.6 Å². The number of aliphatic hydroxyl groups excluding tert-OH is 1. The van der Waals surface area contributed by atoms with E-state index < -0.39 is 12.5 Å². The van der Waals surface area contributed by atoms with Gasteiger partial charge >= 0.3 is 6.02 Å². The molecule has 1 aromatic rings. The smallest absolute Gasteiger partial charge is 0.317 e. The van der Waals surface area contributed by atoms with Gasteiger partial charge in [-0.3, -0.25) is 9.59 Å². The van der Waals surface area contributed by atoms with Crippen LogP contribution in [0, 0.1) is 0 Å². The van der Waals surface area contributed by atoms with Gasteiger partial charge in [0.2, 0.25) is 12.3 Å². The lowest BCUT2D eigenvalue weighted by Gasteiger charge is -2.26. The number of unbranched alkanes of at least 4 members (excludes halogenated alkanes) is 1. The molecule has 0 radical (unpaired) electrons. The summed E-state index contributed by atoms with van der Waals surface area (Å²) in [5.74, 6) is 1.34. The molecule has 5 N–H and O–H groups in total. The number of rotatable bonds is 25. The molecule has 3 atom stereocenters. The molecule has 4 rings (SSSR count). The van der Waals surface area contributed by atoms with E-state index in [2.05, 4.69) is 25.6 Å². The molecule has 0 aromatic heterocycles. The van der Waals surface area contributed by atoms with Crippen LogP contribution in [-0.4, -0.2) is 129 Å². The quantitative estimate of drug-likeness (QED) is 0.0650. The third kappa shape index (κ3) is 15.0. The van der Waals surface area contributed by atoms with Gasteiger partial charge < -0.3 is 45.2 Å². The van der Waals surface area contributed by atoms with Crippen molar-refractivity contribution in [1.29, 1.82) is 0 Å². The van der Waals surface area contributed by atoms with E-state index in [1.807, 2.05) is 40.6 Å². The molecule has 3 unspecified atom stereocenters. The molecule has 3 aliphatic rings. The average Bonchev–Trinajstić information content (AvgIpc) is 3.76. The monoisotopic (exact) mass is 751 g/mol. The van der Waals surface area contributed by atoms with E-state index in [1.54, 1.807) is 17.0 Å². The van der Waals surface area contributed by atoms with Gasteiger partial charge in [0, 0.05) is 62.4 Å². The van der Waals surface area contributed by atoms with E-state index in [-0.39, 0.29) is 30.5 Å². The summed E-state index contributed by atoms with van der Waals surface area (Å²) in [5.41, 5.74) is 7.79. The van der Waals surface area contributed by atoms with E-state index in [1.165, 1.54) is 18.6 Å². The first-order valence-electron chi connectivity index (χ1n) is 17.7. The van der Waals surface area contributed by atoms with Crippen LogP contribution in [0.1, 0.15) is 67.8 Å². The summed E-state index contributed by atoms with van der Waals surface area (Å²) in [5, 5.41) is 17.2. The second kappa shape index (κ2) is 23.7. The minimum Gasteiger partial charge on any atom is -0.436 e. The maximum Gasteiger partial charge on any atom is 0.317 e. The van der Waals surface area contributed by atoms with Gasteiger partial charge in [-0.05, 0) is 56.7 Å². The molecule has 2 amide bonds. The van der Waals surface area contributed by atoms with Crippen LogP contribution in [0.15, 0.2) is 39.2 Å². The number of benzene rings is 1. The number of hydrogen-bond acceptors (Lipinski definition) is 15. The summed E-state index contributed by atoms with van der Waals surface area (Å²) in [6, 6.07) is 7.18. The fourth-order valence-corrected chi connectivity index (χ4v) is 8.32. The van der Waals surface area contributed by atoms with Gasteiger partial charge in [0.1, 0.15) is 5.71 Å². The Morgan fingerprint density at radius 2 is 1.65 bits per heavy atom. The van der Waals surface area contributed by atoms with E-state index in [0.29, 0.717) is 90.0 Å². The first-order chi connectivity index (χ1) is 24.9. The number of amidine groups is 2. The van der Waals surface area contributed by atoms with Crippen molar-refractivity contribution >= 4 is 51.0 Å². The van der Waals surface area contributed by atoms with Crippen LogP contribution in [0.5, 0.6) is 0 Å². The Kier molecular flexibility index (Phi) is 19.1. The van der Waals surface area contributed by atoms with Crippen molar-refractivity contribution < 1.29 is 38.4 Å². The summed E-state index contributed by atoms with van der Waals surface area (Å²) in [6.45, 7) is 6.74. The van der Waals surface area contributed by atoms with Crippen molar-refractivity contribution in [2.24, 2.45) is 20.7 Å². The van der Waals surface area contributed by atoms with E-state index >= 15 is 0 Å². The molecule has 0 spiro atoms. The highest BCUT2D eigenvalue weighted by Crippen LogP contribution is 2.39. The standard InChI is InChI=1S/C34H53N7O8S2/c1-2-45-24-49-33-39-30(35)29-31(40-33)41(34(44)38-29)23-25-9-11-26(12-10-25)32(43)37-15-6-17-47-19-21-48-20-18-46-16-5-14-36-28(42)8-4-3-7-27-13-22-50-51-27/h9-12,27,31,34,44H,2-8,13-24H2,1H3,(H,36,42)(H,37,43)(H2,35,39,40). The Morgan fingerprint density at radius 1 is 0.941 bits per heavy atom. The molecule has 1 saturated heterocycles. The van der Waals surface area contributed by atoms with Crippen LogP contribution in [0.4, 0.5) is 0 Å². The molecule has 3 aliphatic heterocycles. The number of nitrogens with two attached hydrogens (primary N) is 1. The molecular weight excluding hydrogens is 699 g/mol. The fraction of sp³-hybridized carbons (Fsp3) is 0.676. The Labute approximate surface area is 308 Å². The van der Waals surface area contributed by atoms with E-state index in [0.717, 1.165) is 30.1 Å². The highest BCUT2D eigenvalue weighted by Gasteiger charge is 2.39. The second-order valence-electron chi connectivity index (χ2n) is 12.0. The van der Waals surface area contributed by atoms with Crippen LogP contribution in [0.3, 0.4) is 0 Å². The largest absolute Gasteiger partial charge is 0.436 e. The molecule has 51 heavy (non-hydrogen) atoms. The number of ether oxygens (including phenoxy) is 5. The normalized spacial score (nSPS) is 20.0. The molecule has 17 heteroatoms. The van der Waals surface area contributed by atoms with Gasteiger partial charge in [-0.2, -0.15) is 4.99 Å². The molecule has 1 aromatic carbocycles.